The van der Waals surface area contributed by atoms with Gasteiger partial charge in [-0.05, 0) is 43.7 Å². The minimum atomic E-state index is -0.905. The summed E-state index contributed by atoms with van der Waals surface area (Å²) in [4.78, 5) is 10.8. The molecule has 1 rings (SSSR count). The maximum atomic E-state index is 10.8. The normalized spacial score (nSPS) is 13.4. The molecule has 0 saturated heterocycles. The van der Waals surface area contributed by atoms with E-state index in [1.807, 2.05) is 50.4 Å². The van der Waals surface area contributed by atoms with Crippen LogP contribution in [-0.4, -0.2) is 18.1 Å². The third-order valence-electron chi connectivity index (χ3n) is 3.11. The first-order chi connectivity index (χ1) is 9.62. The molecule has 0 aliphatic carbocycles. The molecule has 0 saturated carbocycles. The van der Waals surface area contributed by atoms with Gasteiger partial charge in [-0.2, -0.15) is 0 Å². The fourth-order valence-electron chi connectivity index (χ4n) is 1.92. The molecule has 0 aliphatic rings. The largest absolute Gasteiger partial charge is 0.478 e. The van der Waals surface area contributed by atoms with Crippen molar-refractivity contribution in [2.75, 3.05) is 7.05 Å². The number of benzene rings is 1. The first kappa shape index (κ1) is 15.9. The van der Waals surface area contributed by atoms with Crippen LogP contribution in [0.1, 0.15) is 35.3 Å². The number of hydrogen-bond donors (Lipinski definition) is 2. The van der Waals surface area contributed by atoms with Gasteiger partial charge in [-0.3, -0.25) is 0 Å². The van der Waals surface area contributed by atoms with E-state index in [0.29, 0.717) is 5.56 Å². The van der Waals surface area contributed by atoms with Gasteiger partial charge in [-0.25, -0.2) is 4.79 Å². The summed E-state index contributed by atoms with van der Waals surface area (Å²) in [7, 11) is 1.89. The second kappa shape index (κ2) is 8.12. The Bertz CT molecular complexity index is 512. The Morgan fingerprint density at radius 2 is 2.05 bits per heavy atom. The zero-order valence-corrected chi connectivity index (χ0v) is 12.0. The van der Waals surface area contributed by atoms with Crippen molar-refractivity contribution in [3.8, 4) is 0 Å². The molecule has 106 valence electrons. The van der Waals surface area contributed by atoms with E-state index in [2.05, 4.69) is 11.9 Å². The third-order valence-corrected chi connectivity index (χ3v) is 3.11. The molecule has 0 spiro atoms. The van der Waals surface area contributed by atoms with Crippen molar-refractivity contribution in [2.24, 2.45) is 0 Å². The summed E-state index contributed by atoms with van der Waals surface area (Å²) >= 11 is 0. The molecule has 0 aliphatic heterocycles. The number of carboxylic acid groups (broad SMARTS) is 1. The van der Waals surface area contributed by atoms with Crippen molar-refractivity contribution in [3.63, 3.8) is 0 Å². The summed E-state index contributed by atoms with van der Waals surface area (Å²) in [6.07, 6.45) is 8.63. The number of carbonyl (C=O) groups is 1. The monoisotopic (exact) mass is 271 g/mol. The highest BCUT2D eigenvalue weighted by Crippen LogP contribution is 2.22. The minimum absolute atomic E-state index is 0.132. The standard InChI is InChI=1S/C17H21NO2/c1-4-6-7-13(5-2)12-16(18-3)14-8-10-15(11-9-14)17(19)20/h4-11,16,18H,2,12H2,1,3H3,(H,19,20)/b6-4-,13-7+. The van der Waals surface area contributed by atoms with Gasteiger partial charge in [-0.1, -0.05) is 43.0 Å². The van der Waals surface area contributed by atoms with Crippen LogP contribution in [0.4, 0.5) is 0 Å². The Morgan fingerprint density at radius 1 is 1.40 bits per heavy atom. The molecule has 0 fully saturated rings. The van der Waals surface area contributed by atoms with Crippen molar-refractivity contribution in [3.05, 3.63) is 71.8 Å². The van der Waals surface area contributed by atoms with Crippen LogP contribution in [0.25, 0.3) is 0 Å². The van der Waals surface area contributed by atoms with Gasteiger partial charge in [0.15, 0.2) is 0 Å². The number of hydrogen-bond acceptors (Lipinski definition) is 2. The van der Waals surface area contributed by atoms with E-state index >= 15 is 0 Å². The molecule has 0 aromatic heterocycles. The summed E-state index contributed by atoms with van der Waals surface area (Å²) in [6, 6.07) is 7.09. The molecule has 20 heavy (non-hydrogen) atoms. The SMILES string of the molecule is C=C/C(=C\C=C/C)CC(NC)c1ccc(C(=O)O)cc1. The number of carboxylic acids is 1. The Hall–Kier alpha value is -2.13. The third kappa shape index (κ3) is 4.52. The lowest BCUT2D eigenvalue weighted by Gasteiger charge is -2.17. The zero-order chi connectivity index (χ0) is 15.0. The molecular formula is C17H21NO2. The van der Waals surface area contributed by atoms with E-state index in [0.717, 1.165) is 17.6 Å². The molecule has 1 unspecified atom stereocenters. The number of nitrogens with one attached hydrogen (secondary N) is 1. The van der Waals surface area contributed by atoms with Crippen molar-refractivity contribution in [1.82, 2.24) is 5.32 Å². The van der Waals surface area contributed by atoms with Crippen LogP contribution in [-0.2, 0) is 0 Å². The van der Waals surface area contributed by atoms with Crippen molar-refractivity contribution in [2.45, 2.75) is 19.4 Å². The fraction of sp³-hybridized carbons (Fsp3) is 0.235. The molecule has 0 bridgehead atoms. The summed E-state index contributed by atoms with van der Waals surface area (Å²) < 4.78 is 0. The van der Waals surface area contributed by atoms with Crippen LogP contribution in [0.3, 0.4) is 0 Å². The first-order valence-corrected chi connectivity index (χ1v) is 6.57. The molecule has 0 heterocycles. The molecule has 1 aromatic carbocycles. The predicted octanol–water partition coefficient (Wildman–Crippen LogP) is 3.72. The highest BCUT2D eigenvalue weighted by molar-refractivity contribution is 5.87. The summed E-state index contributed by atoms with van der Waals surface area (Å²) in [5, 5.41) is 12.2. The molecule has 3 heteroatoms. The molecule has 1 atom stereocenters. The second-order valence-corrected chi connectivity index (χ2v) is 4.44. The predicted molar refractivity (Wildman–Crippen MR) is 82.9 cm³/mol. The van der Waals surface area contributed by atoms with E-state index < -0.39 is 5.97 Å². The lowest BCUT2D eigenvalue weighted by Crippen LogP contribution is -2.17. The van der Waals surface area contributed by atoms with Gasteiger partial charge < -0.3 is 10.4 Å². The van der Waals surface area contributed by atoms with Gasteiger partial charge in [0.25, 0.3) is 0 Å². The smallest absolute Gasteiger partial charge is 0.335 e. The molecule has 3 nitrogen and oxygen atoms in total. The van der Waals surface area contributed by atoms with E-state index in [1.54, 1.807) is 12.1 Å². The highest BCUT2D eigenvalue weighted by atomic mass is 16.4. The average molecular weight is 271 g/mol. The molecule has 1 aromatic rings. The van der Waals surface area contributed by atoms with Gasteiger partial charge in [0, 0.05) is 6.04 Å². The quantitative estimate of drug-likeness (QED) is 0.743. The van der Waals surface area contributed by atoms with Crippen LogP contribution in [0.5, 0.6) is 0 Å². The van der Waals surface area contributed by atoms with Crippen molar-refractivity contribution >= 4 is 5.97 Å². The summed E-state index contributed by atoms with van der Waals surface area (Å²) in [5.74, 6) is -0.905. The minimum Gasteiger partial charge on any atom is -0.478 e. The van der Waals surface area contributed by atoms with Crippen molar-refractivity contribution < 1.29 is 9.90 Å². The second-order valence-electron chi connectivity index (χ2n) is 4.44. The Labute approximate surface area is 120 Å². The zero-order valence-electron chi connectivity index (χ0n) is 12.0. The average Bonchev–Trinajstić information content (AvgIpc) is 2.48. The Balaban J connectivity index is 2.89. The maximum Gasteiger partial charge on any atom is 0.335 e. The van der Waals surface area contributed by atoms with E-state index in [1.165, 1.54) is 0 Å². The van der Waals surface area contributed by atoms with E-state index in [9.17, 15) is 4.79 Å². The maximum absolute atomic E-state index is 10.8. The first-order valence-electron chi connectivity index (χ1n) is 6.57. The Morgan fingerprint density at radius 3 is 2.50 bits per heavy atom. The summed E-state index contributed by atoms with van der Waals surface area (Å²) in [6.45, 7) is 5.79. The lowest BCUT2D eigenvalue weighted by molar-refractivity contribution is 0.0697. The van der Waals surface area contributed by atoms with Crippen LogP contribution in [0, 0.1) is 0 Å². The highest BCUT2D eigenvalue weighted by Gasteiger charge is 2.11. The van der Waals surface area contributed by atoms with Crippen LogP contribution in [0.2, 0.25) is 0 Å². The number of aromatic carboxylic acids is 1. The fourth-order valence-corrected chi connectivity index (χ4v) is 1.92. The van der Waals surface area contributed by atoms with Crippen LogP contribution < -0.4 is 5.32 Å². The lowest BCUT2D eigenvalue weighted by atomic mass is 9.97. The molecule has 0 radical (unpaired) electrons. The van der Waals surface area contributed by atoms with E-state index in [-0.39, 0.29) is 6.04 Å². The van der Waals surface area contributed by atoms with E-state index in [4.69, 9.17) is 5.11 Å². The summed E-state index contributed by atoms with van der Waals surface area (Å²) in [5.41, 5.74) is 2.49. The molecular weight excluding hydrogens is 250 g/mol. The van der Waals surface area contributed by atoms with Crippen molar-refractivity contribution in [1.29, 1.82) is 0 Å². The number of allylic oxidation sites excluding steroid dienone is 4. The van der Waals surface area contributed by atoms with Gasteiger partial charge >= 0.3 is 5.97 Å². The topological polar surface area (TPSA) is 49.3 Å². The van der Waals surface area contributed by atoms with Crippen LogP contribution in [0.15, 0.2) is 60.7 Å². The van der Waals surface area contributed by atoms with Crippen LogP contribution >= 0.6 is 0 Å². The Kier molecular flexibility index (Phi) is 6.47. The van der Waals surface area contributed by atoms with Gasteiger partial charge in [0.2, 0.25) is 0 Å². The van der Waals surface area contributed by atoms with Gasteiger partial charge in [-0.15, -0.1) is 0 Å². The molecule has 0 amide bonds. The molecule has 2 N–H and O–H groups in total. The number of rotatable bonds is 7. The van der Waals surface area contributed by atoms with Gasteiger partial charge in [0.1, 0.15) is 0 Å². The van der Waals surface area contributed by atoms with Gasteiger partial charge in [0.05, 0.1) is 5.56 Å².